The molecule has 0 aromatic rings. The molecule has 3 amide bonds. The van der Waals surface area contributed by atoms with Crippen molar-refractivity contribution in [1.82, 2.24) is 10.2 Å². The highest BCUT2D eigenvalue weighted by Gasteiger charge is 2.25. The van der Waals surface area contributed by atoms with Gasteiger partial charge in [-0.2, -0.15) is 0 Å². The van der Waals surface area contributed by atoms with Crippen LogP contribution in [0, 0.1) is 5.92 Å². The fraction of sp³-hybridized carbons (Fsp3) is 0.727. The minimum absolute atomic E-state index is 0.00716. The van der Waals surface area contributed by atoms with Gasteiger partial charge in [0.05, 0.1) is 0 Å². The van der Waals surface area contributed by atoms with E-state index in [0.29, 0.717) is 13.0 Å². The number of carboxylic acid groups (broad SMARTS) is 1. The van der Waals surface area contributed by atoms with Gasteiger partial charge >= 0.3 is 12.0 Å². The average molecular weight is 259 g/mol. The van der Waals surface area contributed by atoms with Gasteiger partial charge in [-0.15, -0.1) is 0 Å². The number of aliphatic carboxylic acids is 1. The molecule has 0 aliphatic heterocycles. The zero-order valence-corrected chi connectivity index (χ0v) is 11.0. The second-order valence-electron chi connectivity index (χ2n) is 4.49. The normalized spacial score (nSPS) is 12.0. The smallest absolute Gasteiger partial charge is 0.312 e. The first-order valence-corrected chi connectivity index (χ1v) is 5.78. The number of likely N-dealkylation sites (N-methyl/N-ethyl adjacent to an activating group) is 1. The summed E-state index contributed by atoms with van der Waals surface area (Å²) < 4.78 is 0. The predicted octanol–water partition coefficient (Wildman–Crippen LogP) is 0.00250. The number of hydrogen-bond donors (Lipinski definition) is 3. The number of primary amides is 1. The van der Waals surface area contributed by atoms with Crippen molar-refractivity contribution in [2.24, 2.45) is 11.7 Å². The number of carbonyl (C=O) groups is 3. The molecule has 18 heavy (non-hydrogen) atoms. The van der Waals surface area contributed by atoms with Gasteiger partial charge in [-0.3, -0.25) is 9.59 Å². The Morgan fingerprint density at radius 2 is 1.89 bits per heavy atom. The molecular formula is C11H21N3O4. The molecule has 0 radical (unpaired) electrons. The van der Waals surface area contributed by atoms with Crippen LogP contribution in [0.3, 0.4) is 0 Å². The Kier molecular flexibility index (Phi) is 6.77. The summed E-state index contributed by atoms with van der Waals surface area (Å²) in [6, 6.07) is -1.43. The van der Waals surface area contributed by atoms with E-state index in [1.165, 1.54) is 4.90 Å². The van der Waals surface area contributed by atoms with Gasteiger partial charge in [0, 0.05) is 20.0 Å². The maximum absolute atomic E-state index is 12.0. The van der Waals surface area contributed by atoms with E-state index in [1.807, 2.05) is 0 Å². The van der Waals surface area contributed by atoms with Crippen molar-refractivity contribution >= 4 is 17.9 Å². The predicted molar refractivity (Wildman–Crippen MR) is 65.9 cm³/mol. The number of carboxylic acids is 1. The Hall–Kier alpha value is -1.79. The Labute approximate surface area is 106 Å². The fourth-order valence-electron chi connectivity index (χ4n) is 1.48. The molecule has 0 aromatic carbocycles. The Balaban J connectivity index is 4.38. The molecule has 7 heteroatoms. The third-order valence-corrected chi connectivity index (χ3v) is 2.49. The molecule has 0 saturated heterocycles. The van der Waals surface area contributed by atoms with E-state index in [9.17, 15) is 14.4 Å². The second kappa shape index (κ2) is 7.52. The van der Waals surface area contributed by atoms with Crippen LogP contribution in [0.15, 0.2) is 0 Å². The van der Waals surface area contributed by atoms with E-state index in [1.54, 1.807) is 20.9 Å². The first-order valence-electron chi connectivity index (χ1n) is 5.78. The molecule has 7 nitrogen and oxygen atoms in total. The number of nitrogens with one attached hydrogen (secondary N) is 1. The van der Waals surface area contributed by atoms with Crippen molar-refractivity contribution in [2.75, 3.05) is 13.6 Å². The van der Waals surface area contributed by atoms with Crippen LogP contribution in [0.5, 0.6) is 0 Å². The van der Waals surface area contributed by atoms with Gasteiger partial charge in [-0.05, 0) is 12.3 Å². The van der Waals surface area contributed by atoms with E-state index >= 15 is 0 Å². The highest BCUT2D eigenvalue weighted by Crippen LogP contribution is 2.06. The largest absolute Gasteiger partial charge is 0.481 e. The van der Waals surface area contributed by atoms with E-state index < -0.39 is 18.0 Å². The summed E-state index contributed by atoms with van der Waals surface area (Å²) in [5, 5.41) is 10.9. The van der Waals surface area contributed by atoms with E-state index in [4.69, 9.17) is 10.8 Å². The van der Waals surface area contributed by atoms with Crippen molar-refractivity contribution in [3.8, 4) is 0 Å². The third kappa shape index (κ3) is 6.07. The van der Waals surface area contributed by atoms with Gasteiger partial charge in [-0.25, -0.2) is 4.79 Å². The van der Waals surface area contributed by atoms with Gasteiger partial charge in [0.1, 0.15) is 6.04 Å². The molecule has 0 rings (SSSR count). The topological polar surface area (TPSA) is 113 Å². The van der Waals surface area contributed by atoms with E-state index in [-0.39, 0.29) is 18.2 Å². The second-order valence-corrected chi connectivity index (χ2v) is 4.49. The molecule has 0 bridgehead atoms. The monoisotopic (exact) mass is 259 g/mol. The molecule has 0 fully saturated rings. The lowest BCUT2D eigenvalue weighted by molar-refractivity contribution is -0.138. The lowest BCUT2D eigenvalue weighted by Crippen LogP contribution is -2.51. The zero-order valence-electron chi connectivity index (χ0n) is 11.0. The van der Waals surface area contributed by atoms with Crippen LogP contribution in [-0.2, 0) is 9.59 Å². The number of hydrogen-bond acceptors (Lipinski definition) is 3. The van der Waals surface area contributed by atoms with Crippen LogP contribution in [0.2, 0.25) is 0 Å². The van der Waals surface area contributed by atoms with Crippen LogP contribution < -0.4 is 11.1 Å². The molecule has 0 aliphatic rings. The molecule has 0 saturated carbocycles. The van der Waals surface area contributed by atoms with Gasteiger partial charge in [0.15, 0.2) is 0 Å². The molecule has 0 aliphatic carbocycles. The highest BCUT2D eigenvalue weighted by atomic mass is 16.4. The molecule has 0 aromatic heterocycles. The van der Waals surface area contributed by atoms with E-state index in [0.717, 1.165) is 0 Å². The quantitative estimate of drug-likeness (QED) is 0.597. The molecule has 1 atom stereocenters. The maximum Gasteiger partial charge on any atom is 0.312 e. The van der Waals surface area contributed by atoms with Crippen LogP contribution in [0.25, 0.3) is 0 Å². The fourth-order valence-corrected chi connectivity index (χ4v) is 1.48. The van der Waals surface area contributed by atoms with Crippen LogP contribution in [0.4, 0.5) is 4.79 Å². The Morgan fingerprint density at radius 3 is 2.28 bits per heavy atom. The van der Waals surface area contributed by atoms with Crippen LogP contribution in [-0.4, -0.2) is 47.5 Å². The minimum atomic E-state index is -0.897. The lowest BCUT2D eigenvalue weighted by atomic mass is 10.0. The first-order chi connectivity index (χ1) is 8.25. The van der Waals surface area contributed by atoms with Gasteiger partial charge in [0.25, 0.3) is 0 Å². The first kappa shape index (κ1) is 16.2. The molecule has 0 heterocycles. The molecule has 0 spiro atoms. The van der Waals surface area contributed by atoms with Crippen molar-refractivity contribution in [2.45, 2.75) is 32.7 Å². The maximum atomic E-state index is 12.0. The zero-order chi connectivity index (χ0) is 14.3. The highest BCUT2D eigenvalue weighted by molar-refractivity contribution is 5.86. The molecular weight excluding hydrogens is 238 g/mol. The van der Waals surface area contributed by atoms with Gasteiger partial charge < -0.3 is 21.1 Å². The summed E-state index contributed by atoms with van der Waals surface area (Å²) in [5.74, 6) is -1.26. The number of rotatable bonds is 7. The minimum Gasteiger partial charge on any atom is -0.481 e. The van der Waals surface area contributed by atoms with Crippen molar-refractivity contribution in [3.05, 3.63) is 0 Å². The third-order valence-electron chi connectivity index (χ3n) is 2.49. The SMILES string of the molecule is CC(C)C(NC(N)=O)C(=O)N(C)CCCC(=O)O. The van der Waals surface area contributed by atoms with Crippen LogP contribution in [0.1, 0.15) is 26.7 Å². The number of carbonyl (C=O) groups excluding carboxylic acids is 2. The lowest BCUT2D eigenvalue weighted by Gasteiger charge is -2.26. The summed E-state index contributed by atoms with van der Waals surface area (Å²) in [6.45, 7) is 3.92. The molecule has 4 N–H and O–H groups in total. The van der Waals surface area contributed by atoms with Crippen LogP contribution >= 0.6 is 0 Å². The summed E-state index contributed by atoms with van der Waals surface area (Å²) in [4.78, 5) is 34.6. The average Bonchev–Trinajstić information content (AvgIpc) is 2.23. The number of nitrogens with two attached hydrogens (primary N) is 1. The van der Waals surface area contributed by atoms with Gasteiger partial charge in [-0.1, -0.05) is 13.8 Å². The number of nitrogens with zero attached hydrogens (tertiary/aromatic N) is 1. The standard InChI is InChI=1S/C11H21N3O4/c1-7(2)9(13-11(12)18)10(17)14(3)6-4-5-8(15)16/h7,9H,4-6H2,1-3H3,(H,15,16)(H3,12,13,18). The van der Waals surface area contributed by atoms with Crippen molar-refractivity contribution in [3.63, 3.8) is 0 Å². The molecule has 104 valence electrons. The van der Waals surface area contributed by atoms with Gasteiger partial charge in [0.2, 0.25) is 5.91 Å². The number of urea groups is 1. The van der Waals surface area contributed by atoms with Crippen molar-refractivity contribution in [1.29, 1.82) is 0 Å². The number of amides is 3. The Bertz CT molecular complexity index is 317. The van der Waals surface area contributed by atoms with E-state index in [2.05, 4.69) is 5.32 Å². The summed E-state index contributed by atoms with van der Waals surface area (Å²) in [7, 11) is 1.57. The van der Waals surface area contributed by atoms with Crippen molar-refractivity contribution < 1.29 is 19.5 Å². The summed E-state index contributed by atoms with van der Waals surface area (Å²) >= 11 is 0. The summed E-state index contributed by atoms with van der Waals surface area (Å²) in [5.41, 5.74) is 5.01. The Morgan fingerprint density at radius 1 is 1.33 bits per heavy atom. The summed E-state index contributed by atoms with van der Waals surface area (Å²) in [6.07, 6.45) is 0.381. The molecule has 1 unspecified atom stereocenters.